The molecule has 5 nitrogen and oxygen atoms in total. The second-order valence-corrected chi connectivity index (χ2v) is 9.23. The first-order valence-corrected chi connectivity index (χ1v) is 10.3. The molecule has 4 aliphatic carbocycles. The van der Waals surface area contributed by atoms with Crippen LogP contribution in [-0.4, -0.2) is 22.4 Å². The average Bonchev–Trinajstić information content (AvgIpc) is 2.52. The Bertz CT molecular complexity index is 717. The summed E-state index contributed by atoms with van der Waals surface area (Å²) < 4.78 is 0. The summed E-state index contributed by atoms with van der Waals surface area (Å²) >= 11 is 0. The van der Waals surface area contributed by atoms with Crippen molar-refractivity contribution in [1.29, 1.82) is 0 Å². The maximum absolute atomic E-state index is 12.2. The summed E-state index contributed by atoms with van der Waals surface area (Å²) in [7, 11) is 0. The minimum Gasteiger partial charge on any atom is -0.356 e. The third-order valence-corrected chi connectivity index (χ3v) is 7.09. The van der Waals surface area contributed by atoms with Crippen molar-refractivity contribution >= 4 is 5.91 Å². The molecule has 2 N–H and O–H groups in total. The van der Waals surface area contributed by atoms with Crippen LogP contribution in [0.5, 0.6) is 0 Å². The van der Waals surface area contributed by atoms with Gasteiger partial charge in [-0.3, -0.25) is 9.59 Å². The molecule has 26 heavy (non-hydrogen) atoms. The monoisotopic (exact) mass is 357 g/mol. The Kier molecular flexibility index (Phi) is 4.66. The summed E-state index contributed by atoms with van der Waals surface area (Å²) in [6.07, 6.45) is 10.5. The highest BCUT2D eigenvalue weighted by Gasteiger charge is 2.50. The minimum absolute atomic E-state index is 0.0501. The fourth-order valence-electron chi connectivity index (χ4n) is 6.44. The number of H-pyrrole nitrogens is 1. The first kappa shape index (κ1) is 17.7. The summed E-state index contributed by atoms with van der Waals surface area (Å²) in [5.41, 5.74) is 1.76. The van der Waals surface area contributed by atoms with E-state index >= 15 is 0 Å². The van der Waals surface area contributed by atoms with Gasteiger partial charge in [-0.15, -0.1) is 0 Å². The molecule has 0 aliphatic heterocycles. The van der Waals surface area contributed by atoms with Crippen LogP contribution in [0.25, 0.3) is 0 Å². The molecule has 1 aromatic rings. The van der Waals surface area contributed by atoms with Crippen molar-refractivity contribution in [2.45, 2.75) is 71.6 Å². The molecule has 4 bridgehead atoms. The largest absolute Gasteiger partial charge is 0.356 e. The number of carbonyl (C=O) groups is 1. The molecular weight excluding hydrogens is 326 g/mol. The Morgan fingerprint density at radius 1 is 1.15 bits per heavy atom. The lowest BCUT2D eigenvalue weighted by Gasteiger charge is -2.57. The number of aryl methyl sites for hydroxylation is 2. The van der Waals surface area contributed by atoms with Gasteiger partial charge >= 0.3 is 0 Å². The zero-order valence-corrected chi connectivity index (χ0v) is 16.1. The molecule has 1 aromatic heterocycles. The van der Waals surface area contributed by atoms with E-state index in [0.717, 1.165) is 36.4 Å². The molecule has 5 heteroatoms. The molecule has 4 aliphatic rings. The number of rotatable bonds is 6. The molecule has 0 radical (unpaired) electrons. The van der Waals surface area contributed by atoms with E-state index in [0.29, 0.717) is 29.6 Å². The first-order valence-electron chi connectivity index (χ1n) is 10.3. The summed E-state index contributed by atoms with van der Waals surface area (Å²) in [5, 5.41) is 3.11. The first-order chi connectivity index (χ1) is 12.4. The number of amides is 1. The second kappa shape index (κ2) is 6.82. The van der Waals surface area contributed by atoms with E-state index in [4.69, 9.17) is 0 Å². The van der Waals surface area contributed by atoms with Crippen LogP contribution < -0.4 is 10.9 Å². The highest BCUT2D eigenvalue weighted by molar-refractivity contribution is 5.76. The number of aromatic amines is 1. The maximum atomic E-state index is 12.2. The number of hydrogen-bond donors (Lipinski definition) is 2. The van der Waals surface area contributed by atoms with Crippen molar-refractivity contribution in [2.75, 3.05) is 6.54 Å². The predicted octanol–water partition coefficient (Wildman–Crippen LogP) is 3.04. The average molecular weight is 357 g/mol. The predicted molar refractivity (Wildman–Crippen MR) is 101 cm³/mol. The van der Waals surface area contributed by atoms with E-state index in [1.807, 2.05) is 6.92 Å². The molecule has 1 amide bonds. The van der Waals surface area contributed by atoms with Crippen molar-refractivity contribution in [3.8, 4) is 0 Å². The lowest BCUT2D eigenvalue weighted by atomic mass is 9.49. The molecular formula is C21H31N3O2. The molecule has 1 heterocycles. The van der Waals surface area contributed by atoms with Crippen LogP contribution in [0.4, 0.5) is 0 Å². The molecule has 4 fully saturated rings. The summed E-state index contributed by atoms with van der Waals surface area (Å²) in [5.74, 6) is 3.55. The Labute approximate surface area is 155 Å². The molecule has 0 aromatic carbocycles. The van der Waals surface area contributed by atoms with Crippen molar-refractivity contribution in [2.24, 2.45) is 23.2 Å². The number of carbonyl (C=O) groups excluding carboxylic acids is 1. The van der Waals surface area contributed by atoms with E-state index in [1.54, 1.807) is 6.92 Å². The van der Waals surface area contributed by atoms with Crippen molar-refractivity contribution < 1.29 is 4.79 Å². The Morgan fingerprint density at radius 3 is 2.35 bits per heavy atom. The fraction of sp³-hybridized carbons (Fsp3) is 0.762. The third-order valence-electron chi connectivity index (χ3n) is 7.09. The van der Waals surface area contributed by atoms with Crippen LogP contribution in [-0.2, 0) is 11.2 Å². The van der Waals surface area contributed by atoms with Gasteiger partial charge in [0.25, 0.3) is 5.56 Å². The Morgan fingerprint density at radius 2 is 1.77 bits per heavy atom. The van der Waals surface area contributed by atoms with Crippen molar-refractivity contribution in [1.82, 2.24) is 15.3 Å². The van der Waals surface area contributed by atoms with Crippen LogP contribution in [0, 0.1) is 37.0 Å². The van der Waals surface area contributed by atoms with Gasteiger partial charge in [-0.25, -0.2) is 4.98 Å². The van der Waals surface area contributed by atoms with Crippen molar-refractivity contribution in [3.05, 3.63) is 27.4 Å². The van der Waals surface area contributed by atoms with Crippen LogP contribution >= 0.6 is 0 Å². The van der Waals surface area contributed by atoms with Gasteiger partial charge in [-0.2, -0.15) is 0 Å². The van der Waals surface area contributed by atoms with Gasteiger partial charge in [-0.05, 0) is 88.4 Å². The molecule has 0 spiro atoms. The highest BCUT2D eigenvalue weighted by Crippen LogP contribution is 2.61. The summed E-state index contributed by atoms with van der Waals surface area (Å²) in [6, 6.07) is 0. The Hall–Kier alpha value is -1.65. The van der Waals surface area contributed by atoms with Gasteiger partial charge in [0.1, 0.15) is 5.82 Å². The zero-order valence-electron chi connectivity index (χ0n) is 16.1. The zero-order chi connectivity index (χ0) is 18.3. The fourth-order valence-corrected chi connectivity index (χ4v) is 6.44. The van der Waals surface area contributed by atoms with Gasteiger partial charge in [0.05, 0.1) is 0 Å². The minimum atomic E-state index is -0.114. The normalized spacial score (nSPS) is 32.0. The number of nitrogens with zero attached hydrogens (tertiary/aromatic N) is 1. The van der Waals surface area contributed by atoms with Crippen molar-refractivity contribution in [3.63, 3.8) is 0 Å². The number of nitrogens with one attached hydrogen (secondary N) is 2. The van der Waals surface area contributed by atoms with Crippen LogP contribution in [0.3, 0.4) is 0 Å². The lowest BCUT2D eigenvalue weighted by molar-refractivity contribution is -0.121. The highest BCUT2D eigenvalue weighted by atomic mass is 16.1. The SMILES string of the molecule is Cc1nc(C)c(CCC(=O)NCCC23CC4CC(CC(C4)C2)C3)c(=O)[nH]1. The number of aromatic nitrogens is 2. The molecule has 0 saturated heterocycles. The molecule has 0 atom stereocenters. The second-order valence-electron chi connectivity index (χ2n) is 9.23. The van der Waals surface area contributed by atoms with Gasteiger partial charge < -0.3 is 10.3 Å². The standard InChI is InChI=1S/C21H31N3O2/c1-13-18(20(26)24-14(2)23-13)3-4-19(25)22-6-5-21-10-15-7-16(11-21)9-17(8-15)12-21/h15-17H,3-12H2,1-2H3,(H,22,25)(H,23,24,26). The van der Waals surface area contributed by atoms with Crippen LogP contribution in [0.2, 0.25) is 0 Å². The smallest absolute Gasteiger partial charge is 0.254 e. The van der Waals surface area contributed by atoms with E-state index in [1.165, 1.54) is 38.5 Å². The van der Waals surface area contributed by atoms with E-state index in [2.05, 4.69) is 15.3 Å². The van der Waals surface area contributed by atoms with Gasteiger partial charge in [0.2, 0.25) is 5.91 Å². The van der Waals surface area contributed by atoms with Gasteiger partial charge in [0, 0.05) is 24.2 Å². The number of hydrogen-bond acceptors (Lipinski definition) is 3. The molecule has 4 saturated carbocycles. The lowest BCUT2D eigenvalue weighted by Crippen LogP contribution is -2.47. The topological polar surface area (TPSA) is 74.8 Å². The molecule has 0 unspecified atom stereocenters. The molecule has 5 rings (SSSR count). The van der Waals surface area contributed by atoms with Crippen LogP contribution in [0.15, 0.2) is 4.79 Å². The summed E-state index contributed by atoms with van der Waals surface area (Å²) in [4.78, 5) is 31.3. The Balaban J connectivity index is 1.26. The van der Waals surface area contributed by atoms with E-state index in [-0.39, 0.29) is 11.5 Å². The van der Waals surface area contributed by atoms with E-state index in [9.17, 15) is 9.59 Å². The van der Waals surface area contributed by atoms with Gasteiger partial charge in [0.15, 0.2) is 0 Å². The summed E-state index contributed by atoms with van der Waals surface area (Å²) in [6.45, 7) is 4.39. The van der Waals surface area contributed by atoms with Crippen LogP contribution in [0.1, 0.15) is 68.4 Å². The quantitative estimate of drug-likeness (QED) is 0.822. The van der Waals surface area contributed by atoms with E-state index < -0.39 is 0 Å². The molecule has 142 valence electrons. The third kappa shape index (κ3) is 3.58. The maximum Gasteiger partial charge on any atom is 0.254 e. The van der Waals surface area contributed by atoms with Gasteiger partial charge in [-0.1, -0.05) is 0 Å².